The first kappa shape index (κ1) is 15.5. The van der Waals surface area contributed by atoms with Crippen molar-refractivity contribution in [2.45, 2.75) is 18.9 Å². The molecule has 6 nitrogen and oxygen atoms in total. The minimum Gasteiger partial charge on any atom is -0.381 e. The monoisotopic (exact) mass is 331 g/mol. The molecule has 0 saturated carbocycles. The Balaban J connectivity index is 1.65. The molecule has 1 N–H and O–H groups in total. The van der Waals surface area contributed by atoms with Gasteiger partial charge in [0.2, 0.25) is 0 Å². The molecule has 1 aliphatic heterocycles. The number of carbonyl (C=O) groups is 1. The number of amides is 1. The molecule has 0 bridgehead atoms. The number of rotatable bonds is 4. The predicted molar refractivity (Wildman–Crippen MR) is 90.0 cm³/mol. The Bertz CT molecular complexity index is 702. The highest BCUT2D eigenvalue weighted by Crippen LogP contribution is 2.26. The fraction of sp³-hybridized carbons (Fsp3) is 0.312. The zero-order valence-electron chi connectivity index (χ0n) is 12.5. The largest absolute Gasteiger partial charge is 0.381 e. The van der Waals surface area contributed by atoms with E-state index in [1.807, 2.05) is 30.3 Å². The van der Waals surface area contributed by atoms with Gasteiger partial charge >= 0.3 is 5.00 Å². The Morgan fingerprint density at radius 2 is 2.04 bits per heavy atom. The molecule has 1 saturated heterocycles. The number of anilines is 1. The summed E-state index contributed by atoms with van der Waals surface area (Å²) in [5, 5.41) is 14.2. The molecule has 1 atom stereocenters. The van der Waals surface area contributed by atoms with Crippen LogP contribution in [-0.2, 0) is 0 Å². The standard InChI is InChI=1S/C16H17N3O3S/c20-16(14-8-9-15(23-14)19(21)22)18-10-4-7-13(11-18)17-12-5-2-1-3-6-12/h1-3,5-6,8-9,13,17H,4,7,10-11H2/t13-/m1/s1. The summed E-state index contributed by atoms with van der Waals surface area (Å²) in [6, 6.07) is 13.0. The maximum absolute atomic E-state index is 12.5. The van der Waals surface area contributed by atoms with E-state index in [4.69, 9.17) is 0 Å². The second-order valence-corrected chi connectivity index (χ2v) is 6.56. The SMILES string of the molecule is O=C(c1ccc([N+](=O)[O-])s1)N1CCC[C@@H](Nc2ccccc2)C1. The van der Waals surface area contributed by atoms with Crippen LogP contribution in [0.2, 0.25) is 0 Å². The maximum Gasteiger partial charge on any atom is 0.324 e. The topological polar surface area (TPSA) is 75.5 Å². The number of carbonyl (C=O) groups excluding carboxylic acids is 1. The van der Waals surface area contributed by atoms with Crippen LogP contribution >= 0.6 is 11.3 Å². The van der Waals surface area contributed by atoms with Gasteiger partial charge in [0, 0.05) is 30.9 Å². The van der Waals surface area contributed by atoms with Crippen LogP contribution in [-0.4, -0.2) is 34.9 Å². The Labute approximate surface area is 137 Å². The van der Waals surface area contributed by atoms with Gasteiger partial charge in [-0.3, -0.25) is 14.9 Å². The fourth-order valence-corrected chi connectivity index (χ4v) is 3.53. The summed E-state index contributed by atoms with van der Waals surface area (Å²) in [5.41, 5.74) is 1.04. The van der Waals surface area contributed by atoms with Crippen molar-refractivity contribution in [2.24, 2.45) is 0 Å². The van der Waals surface area contributed by atoms with Gasteiger partial charge in [0.25, 0.3) is 5.91 Å². The van der Waals surface area contributed by atoms with Gasteiger partial charge in [-0.25, -0.2) is 0 Å². The lowest BCUT2D eigenvalue weighted by Crippen LogP contribution is -2.44. The average Bonchev–Trinajstić information content (AvgIpc) is 3.06. The first-order valence-electron chi connectivity index (χ1n) is 7.48. The molecule has 0 unspecified atom stereocenters. The molecule has 1 aromatic heterocycles. The molecule has 0 radical (unpaired) electrons. The molecular formula is C16H17N3O3S. The number of nitrogens with zero attached hydrogens (tertiary/aromatic N) is 2. The maximum atomic E-state index is 12.5. The van der Waals surface area contributed by atoms with Crippen molar-refractivity contribution < 1.29 is 9.72 Å². The van der Waals surface area contributed by atoms with E-state index in [-0.39, 0.29) is 17.0 Å². The summed E-state index contributed by atoms with van der Waals surface area (Å²) < 4.78 is 0. The number of nitrogens with one attached hydrogen (secondary N) is 1. The number of nitro groups is 1. The molecular weight excluding hydrogens is 314 g/mol. The van der Waals surface area contributed by atoms with Crippen LogP contribution < -0.4 is 5.32 Å². The van der Waals surface area contributed by atoms with Crippen LogP contribution in [0.25, 0.3) is 0 Å². The summed E-state index contributed by atoms with van der Waals surface area (Å²) in [6.07, 6.45) is 1.92. The molecule has 7 heteroatoms. The van der Waals surface area contributed by atoms with E-state index in [9.17, 15) is 14.9 Å². The molecule has 1 amide bonds. The molecule has 1 fully saturated rings. The van der Waals surface area contributed by atoms with Crippen molar-refractivity contribution >= 4 is 27.9 Å². The van der Waals surface area contributed by atoms with Crippen LogP contribution in [0.5, 0.6) is 0 Å². The third-order valence-corrected chi connectivity index (χ3v) is 4.86. The first-order chi connectivity index (χ1) is 11.1. The summed E-state index contributed by atoms with van der Waals surface area (Å²) in [4.78, 5) is 25.0. The van der Waals surface area contributed by atoms with Gasteiger partial charge in [-0.1, -0.05) is 29.5 Å². The number of benzene rings is 1. The van der Waals surface area contributed by atoms with E-state index in [1.54, 1.807) is 11.0 Å². The highest BCUT2D eigenvalue weighted by atomic mass is 32.1. The minimum atomic E-state index is -0.461. The molecule has 0 aliphatic carbocycles. The van der Waals surface area contributed by atoms with E-state index >= 15 is 0 Å². The summed E-state index contributed by atoms with van der Waals surface area (Å²) in [6.45, 7) is 1.30. The van der Waals surface area contributed by atoms with E-state index < -0.39 is 4.92 Å². The highest BCUT2D eigenvalue weighted by molar-refractivity contribution is 7.17. The Kier molecular flexibility index (Phi) is 4.57. The predicted octanol–water partition coefficient (Wildman–Crippen LogP) is 3.37. The third kappa shape index (κ3) is 3.68. The molecule has 1 aliphatic rings. The minimum absolute atomic E-state index is 0.00400. The number of likely N-dealkylation sites (tertiary alicyclic amines) is 1. The highest BCUT2D eigenvalue weighted by Gasteiger charge is 2.26. The zero-order chi connectivity index (χ0) is 16.2. The van der Waals surface area contributed by atoms with Crippen LogP contribution in [0.3, 0.4) is 0 Å². The quantitative estimate of drug-likeness (QED) is 0.688. The van der Waals surface area contributed by atoms with Crippen molar-refractivity contribution in [2.75, 3.05) is 18.4 Å². The molecule has 0 spiro atoms. The van der Waals surface area contributed by atoms with Crippen LogP contribution in [0.1, 0.15) is 22.5 Å². The third-order valence-electron chi connectivity index (χ3n) is 3.84. The van der Waals surface area contributed by atoms with E-state index in [1.165, 1.54) is 6.07 Å². The van der Waals surface area contributed by atoms with E-state index in [0.717, 1.165) is 29.9 Å². The normalized spacial score (nSPS) is 17.7. The lowest BCUT2D eigenvalue weighted by molar-refractivity contribution is -0.380. The van der Waals surface area contributed by atoms with Crippen LogP contribution in [0.15, 0.2) is 42.5 Å². The number of thiophene rings is 1. The average molecular weight is 331 g/mol. The Morgan fingerprint density at radius 1 is 1.26 bits per heavy atom. The molecule has 23 heavy (non-hydrogen) atoms. The van der Waals surface area contributed by atoms with Crippen LogP contribution in [0, 0.1) is 10.1 Å². The molecule has 120 valence electrons. The van der Waals surface area contributed by atoms with E-state index in [0.29, 0.717) is 18.0 Å². The van der Waals surface area contributed by atoms with Crippen molar-refractivity contribution in [3.63, 3.8) is 0 Å². The smallest absolute Gasteiger partial charge is 0.324 e. The molecule has 3 rings (SSSR count). The van der Waals surface area contributed by atoms with Gasteiger partial charge < -0.3 is 10.2 Å². The Hall–Kier alpha value is -2.41. The molecule has 2 aromatic rings. The summed E-state index contributed by atoms with van der Waals surface area (Å²) in [7, 11) is 0. The number of piperidine rings is 1. The van der Waals surface area contributed by atoms with Gasteiger partial charge in [-0.05, 0) is 31.0 Å². The lowest BCUT2D eigenvalue weighted by Gasteiger charge is -2.33. The van der Waals surface area contributed by atoms with Gasteiger partial charge in [0.05, 0.1) is 9.80 Å². The number of hydrogen-bond acceptors (Lipinski definition) is 5. The second-order valence-electron chi connectivity index (χ2n) is 5.50. The van der Waals surface area contributed by atoms with Crippen molar-refractivity contribution in [3.8, 4) is 0 Å². The first-order valence-corrected chi connectivity index (χ1v) is 8.30. The van der Waals surface area contributed by atoms with Gasteiger partial charge in [0.1, 0.15) is 0 Å². The summed E-state index contributed by atoms with van der Waals surface area (Å²) >= 11 is 0.937. The van der Waals surface area contributed by atoms with Gasteiger partial charge in [-0.15, -0.1) is 0 Å². The molecule has 1 aromatic carbocycles. The Morgan fingerprint density at radius 3 is 2.74 bits per heavy atom. The second kappa shape index (κ2) is 6.78. The zero-order valence-corrected chi connectivity index (χ0v) is 13.3. The summed E-state index contributed by atoms with van der Waals surface area (Å²) in [5.74, 6) is -0.123. The van der Waals surface area contributed by atoms with E-state index in [2.05, 4.69) is 5.32 Å². The lowest BCUT2D eigenvalue weighted by atomic mass is 10.0. The molecule has 2 heterocycles. The van der Waals surface area contributed by atoms with Crippen LogP contribution in [0.4, 0.5) is 10.7 Å². The fourth-order valence-electron chi connectivity index (χ4n) is 2.75. The number of para-hydroxylation sites is 1. The van der Waals surface area contributed by atoms with Crippen molar-refractivity contribution in [1.29, 1.82) is 0 Å². The van der Waals surface area contributed by atoms with Gasteiger partial charge in [-0.2, -0.15) is 0 Å². The number of hydrogen-bond donors (Lipinski definition) is 1. The van der Waals surface area contributed by atoms with Crippen molar-refractivity contribution in [3.05, 3.63) is 57.5 Å². The van der Waals surface area contributed by atoms with Crippen molar-refractivity contribution in [1.82, 2.24) is 4.90 Å². The van der Waals surface area contributed by atoms with Gasteiger partial charge in [0.15, 0.2) is 0 Å².